The van der Waals surface area contributed by atoms with Gasteiger partial charge in [0.25, 0.3) is 0 Å². The average molecular weight is 285 g/mol. The van der Waals surface area contributed by atoms with Crippen LogP contribution in [0.4, 0.5) is 5.69 Å². The molecular formula is C12H17BrN2O. The number of nitrogens with zero attached hydrogens (tertiary/aromatic N) is 1. The topological polar surface area (TPSA) is 48.1 Å². The number of pyridine rings is 1. The Morgan fingerprint density at radius 3 is 2.88 bits per heavy atom. The molecule has 4 heteroatoms. The number of halogens is 1. The van der Waals surface area contributed by atoms with Crippen LogP contribution in [0.1, 0.15) is 32.6 Å². The lowest BCUT2D eigenvalue weighted by molar-refractivity contribution is 0.0984. The number of hydrogen-bond donors (Lipinski definition) is 1. The van der Waals surface area contributed by atoms with Crippen LogP contribution in [0.25, 0.3) is 0 Å². The lowest BCUT2D eigenvalue weighted by atomic mass is 9.88. The van der Waals surface area contributed by atoms with Crippen LogP contribution in [-0.4, -0.2) is 11.1 Å². The zero-order chi connectivity index (χ0) is 11.5. The number of aromatic nitrogens is 1. The molecular weight excluding hydrogens is 268 g/mol. The molecule has 2 rings (SSSR count). The summed E-state index contributed by atoms with van der Waals surface area (Å²) in [4.78, 5) is 4.21. The van der Waals surface area contributed by atoms with E-state index >= 15 is 0 Å². The molecule has 1 aromatic rings. The molecule has 2 N–H and O–H groups in total. The Morgan fingerprint density at radius 1 is 1.44 bits per heavy atom. The van der Waals surface area contributed by atoms with Crippen molar-refractivity contribution in [3.05, 3.63) is 16.7 Å². The number of rotatable bonds is 2. The number of anilines is 1. The number of ether oxygens (including phenoxy) is 1. The van der Waals surface area contributed by atoms with E-state index in [1.54, 1.807) is 6.20 Å². The molecule has 1 aliphatic rings. The van der Waals surface area contributed by atoms with Gasteiger partial charge in [0.1, 0.15) is 6.10 Å². The van der Waals surface area contributed by atoms with Gasteiger partial charge in [-0.3, -0.25) is 0 Å². The molecule has 0 bridgehead atoms. The summed E-state index contributed by atoms with van der Waals surface area (Å²) in [5.41, 5.74) is 6.47. The molecule has 1 saturated carbocycles. The van der Waals surface area contributed by atoms with Gasteiger partial charge < -0.3 is 10.5 Å². The van der Waals surface area contributed by atoms with E-state index in [2.05, 4.69) is 27.8 Å². The summed E-state index contributed by atoms with van der Waals surface area (Å²) < 4.78 is 6.78. The van der Waals surface area contributed by atoms with Crippen LogP contribution >= 0.6 is 15.9 Å². The molecule has 0 saturated heterocycles. The van der Waals surface area contributed by atoms with Crippen molar-refractivity contribution >= 4 is 21.6 Å². The van der Waals surface area contributed by atoms with E-state index < -0.39 is 0 Å². The standard InChI is InChI=1S/C12H17BrN2O/c1-8-4-2-3-5-11(8)16-12-10(14)6-9(13)7-15-12/h6-8,11H,2-5,14H2,1H3. The maximum Gasteiger partial charge on any atom is 0.237 e. The molecule has 0 radical (unpaired) electrons. The number of nitrogen functional groups attached to an aromatic ring is 1. The van der Waals surface area contributed by atoms with Crippen LogP contribution in [0, 0.1) is 5.92 Å². The SMILES string of the molecule is CC1CCCCC1Oc1ncc(Br)cc1N. The number of hydrogen-bond acceptors (Lipinski definition) is 3. The molecule has 2 atom stereocenters. The van der Waals surface area contributed by atoms with Crippen LogP contribution in [-0.2, 0) is 0 Å². The lowest BCUT2D eigenvalue weighted by Crippen LogP contribution is -2.28. The second kappa shape index (κ2) is 5.04. The molecule has 0 spiro atoms. The van der Waals surface area contributed by atoms with Crippen molar-refractivity contribution in [1.29, 1.82) is 0 Å². The minimum absolute atomic E-state index is 0.268. The maximum atomic E-state index is 5.90. The third-order valence-corrected chi connectivity index (χ3v) is 3.57. The predicted octanol–water partition coefficient (Wildman–Crippen LogP) is 3.38. The highest BCUT2D eigenvalue weighted by Crippen LogP contribution is 2.30. The molecule has 88 valence electrons. The van der Waals surface area contributed by atoms with Gasteiger partial charge in [0.05, 0.1) is 5.69 Å². The van der Waals surface area contributed by atoms with Crippen LogP contribution in [0.2, 0.25) is 0 Å². The third kappa shape index (κ3) is 2.67. The van der Waals surface area contributed by atoms with Gasteiger partial charge in [-0.05, 0) is 47.2 Å². The van der Waals surface area contributed by atoms with E-state index in [-0.39, 0.29) is 6.10 Å². The van der Waals surface area contributed by atoms with E-state index in [1.165, 1.54) is 19.3 Å². The highest BCUT2D eigenvalue weighted by atomic mass is 79.9. The van der Waals surface area contributed by atoms with Gasteiger partial charge in [0, 0.05) is 10.7 Å². The van der Waals surface area contributed by atoms with Crippen LogP contribution in [0.5, 0.6) is 5.88 Å². The largest absolute Gasteiger partial charge is 0.473 e. The van der Waals surface area contributed by atoms with Gasteiger partial charge in [0.15, 0.2) is 0 Å². The van der Waals surface area contributed by atoms with Gasteiger partial charge in [-0.25, -0.2) is 4.98 Å². The lowest BCUT2D eigenvalue weighted by Gasteiger charge is -2.29. The Balaban J connectivity index is 2.07. The highest BCUT2D eigenvalue weighted by Gasteiger charge is 2.23. The van der Waals surface area contributed by atoms with Crippen LogP contribution in [0.15, 0.2) is 16.7 Å². The summed E-state index contributed by atoms with van der Waals surface area (Å²) in [6, 6.07) is 1.83. The number of nitrogens with two attached hydrogens (primary N) is 1. The van der Waals surface area contributed by atoms with Crippen LogP contribution in [0.3, 0.4) is 0 Å². The van der Waals surface area contributed by atoms with Crippen molar-refractivity contribution in [1.82, 2.24) is 4.98 Å². The third-order valence-electron chi connectivity index (χ3n) is 3.14. The quantitative estimate of drug-likeness (QED) is 0.906. The molecule has 0 aliphatic heterocycles. The molecule has 0 aromatic carbocycles. The van der Waals surface area contributed by atoms with Crippen molar-refractivity contribution in [3.63, 3.8) is 0 Å². The first-order valence-corrected chi connectivity index (χ1v) is 6.54. The molecule has 16 heavy (non-hydrogen) atoms. The highest BCUT2D eigenvalue weighted by molar-refractivity contribution is 9.10. The molecule has 1 aromatic heterocycles. The first kappa shape index (κ1) is 11.7. The Bertz CT molecular complexity index is 370. The molecule has 1 heterocycles. The minimum atomic E-state index is 0.268. The van der Waals surface area contributed by atoms with Gasteiger partial charge in [-0.2, -0.15) is 0 Å². The van der Waals surface area contributed by atoms with E-state index in [4.69, 9.17) is 10.5 Å². The van der Waals surface area contributed by atoms with Crippen LogP contribution < -0.4 is 10.5 Å². The summed E-state index contributed by atoms with van der Waals surface area (Å²) in [6.45, 7) is 2.23. The normalized spacial score (nSPS) is 25.4. The van der Waals surface area contributed by atoms with E-state index in [9.17, 15) is 0 Å². The van der Waals surface area contributed by atoms with E-state index in [1.807, 2.05) is 6.07 Å². The second-order valence-corrected chi connectivity index (χ2v) is 5.38. The summed E-state index contributed by atoms with van der Waals surface area (Å²) in [5, 5.41) is 0. The van der Waals surface area contributed by atoms with Gasteiger partial charge in [-0.15, -0.1) is 0 Å². The Hall–Kier alpha value is -0.770. The molecule has 1 aliphatic carbocycles. The van der Waals surface area contributed by atoms with Crippen molar-refractivity contribution in [2.45, 2.75) is 38.7 Å². The first-order chi connectivity index (χ1) is 7.66. The van der Waals surface area contributed by atoms with Crippen molar-refractivity contribution in [2.24, 2.45) is 5.92 Å². The van der Waals surface area contributed by atoms with E-state index in [0.717, 1.165) is 10.9 Å². The van der Waals surface area contributed by atoms with Crippen molar-refractivity contribution < 1.29 is 4.74 Å². The smallest absolute Gasteiger partial charge is 0.237 e. The van der Waals surface area contributed by atoms with Crippen molar-refractivity contribution in [2.75, 3.05) is 5.73 Å². The Labute approximate surface area is 105 Å². The zero-order valence-corrected chi connectivity index (χ0v) is 11.0. The second-order valence-electron chi connectivity index (χ2n) is 4.47. The molecule has 1 fully saturated rings. The van der Waals surface area contributed by atoms with Crippen molar-refractivity contribution in [3.8, 4) is 5.88 Å². The maximum absolute atomic E-state index is 5.90. The fraction of sp³-hybridized carbons (Fsp3) is 0.583. The minimum Gasteiger partial charge on any atom is -0.473 e. The zero-order valence-electron chi connectivity index (χ0n) is 9.45. The van der Waals surface area contributed by atoms with Gasteiger partial charge in [0.2, 0.25) is 5.88 Å². The molecule has 3 nitrogen and oxygen atoms in total. The predicted molar refractivity (Wildman–Crippen MR) is 68.4 cm³/mol. The molecule has 0 amide bonds. The summed E-state index contributed by atoms with van der Waals surface area (Å²) in [6.07, 6.45) is 6.89. The van der Waals surface area contributed by atoms with Gasteiger partial charge >= 0.3 is 0 Å². The average Bonchev–Trinajstić information content (AvgIpc) is 2.25. The first-order valence-electron chi connectivity index (χ1n) is 5.74. The monoisotopic (exact) mass is 284 g/mol. The van der Waals surface area contributed by atoms with E-state index in [0.29, 0.717) is 17.5 Å². The Morgan fingerprint density at radius 2 is 2.19 bits per heavy atom. The Kier molecular flexibility index (Phi) is 3.69. The van der Waals surface area contributed by atoms with Gasteiger partial charge in [-0.1, -0.05) is 13.3 Å². The summed E-state index contributed by atoms with van der Waals surface area (Å²) >= 11 is 3.34. The summed E-state index contributed by atoms with van der Waals surface area (Å²) in [5.74, 6) is 1.17. The fourth-order valence-corrected chi connectivity index (χ4v) is 2.49. The fourth-order valence-electron chi connectivity index (χ4n) is 2.14. The summed E-state index contributed by atoms with van der Waals surface area (Å²) in [7, 11) is 0. The molecule has 2 unspecified atom stereocenters.